The minimum Gasteiger partial charge on any atom is -0.381 e. The van der Waals surface area contributed by atoms with Gasteiger partial charge >= 0.3 is 0 Å². The summed E-state index contributed by atoms with van der Waals surface area (Å²) in [5, 5.41) is 1.20. The Kier molecular flexibility index (Phi) is 4.09. The van der Waals surface area contributed by atoms with Crippen molar-refractivity contribution in [1.82, 2.24) is 9.88 Å². The van der Waals surface area contributed by atoms with Crippen molar-refractivity contribution in [2.45, 2.75) is 45.6 Å². The van der Waals surface area contributed by atoms with Gasteiger partial charge in [-0.3, -0.25) is 4.79 Å². The van der Waals surface area contributed by atoms with Crippen molar-refractivity contribution in [3.8, 4) is 0 Å². The third-order valence-corrected chi connectivity index (χ3v) is 5.39. The van der Waals surface area contributed by atoms with Gasteiger partial charge < -0.3 is 14.6 Å². The zero-order valence-electron chi connectivity index (χ0n) is 14.6. The summed E-state index contributed by atoms with van der Waals surface area (Å²) in [4.78, 5) is 18.6. The van der Waals surface area contributed by atoms with Crippen LogP contribution in [0.2, 0.25) is 0 Å². The number of benzene rings is 1. The van der Waals surface area contributed by atoms with Crippen LogP contribution in [0.25, 0.3) is 10.9 Å². The van der Waals surface area contributed by atoms with Crippen LogP contribution in [0.3, 0.4) is 0 Å². The molecule has 0 bridgehead atoms. The molecule has 2 heterocycles. The van der Waals surface area contributed by atoms with E-state index in [2.05, 4.69) is 41.9 Å². The molecule has 0 unspecified atom stereocenters. The number of carbonyl (C=O) groups excluding carboxylic acids is 1. The van der Waals surface area contributed by atoms with Crippen molar-refractivity contribution in [2.24, 2.45) is 5.92 Å². The quantitative estimate of drug-likeness (QED) is 0.916. The molecule has 1 saturated carbocycles. The van der Waals surface area contributed by atoms with Crippen molar-refractivity contribution < 1.29 is 9.53 Å². The standard InChI is InChI=1S/C20H26N2O2/c1-13-3-6-19-18(9-13)17(14(2)21-19)10-20(23)22(16-4-5-16)11-15-7-8-24-12-15/h3,6,9,15-16,21H,4-5,7-8,10-12H2,1-2H3/t15-/m0/s1. The topological polar surface area (TPSA) is 45.3 Å². The van der Waals surface area contributed by atoms with Crippen LogP contribution in [-0.2, 0) is 16.0 Å². The van der Waals surface area contributed by atoms with E-state index < -0.39 is 0 Å². The third kappa shape index (κ3) is 3.07. The van der Waals surface area contributed by atoms with Crippen LogP contribution in [0, 0.1) is 19.8 Å². The molecule has 128 valence electrons. The molecule has 0 spiro atoms. The molecule has 1 N–H and O–H groups in total. The Bertz CT molecular complexity index is 754. The van der Waals surface area contributed by atoms with Crippen molar-refractivity contribution >= 4 is 16.8 Å². The van der Waals surface area contributed by atoms with E-state index >= 15 is 0 Å². The van der Waals surface area contributed by atoms with Gasteiger partial charge in [0.1, 0.15) is 0 Å². The Morgan fingerprint density at radius 3 is 2.83 bits per heavy atom. The lowest BCUT2D eigenvalue weighted by molar-refractivity contribution is -0.131. The van der Waals surface area contributed by atoms with Gasteiger partial charge in [0, 0.05) is 41.7 Å². The molecular weight excluding hydrogens is 300 g/mol. The summed E-state index contributed by atoms with van der Waals surface area (Å²) < 4.78 is 5.49. The minimum atomic E-state index is 0.273. The molecule has 1 amide bonds. The predicted octanol–water partition coefficient (Wildman–Crippen LogP) is 3.35. The van der Waals surface area contributed by atoms with Gasteiger partial charge in [-0.25, -0.2) is 0 Å². The summed E-state index contributed by atoms with van der Waals surface area (Å²) in [7, 11) is 0. The lowest BCUT2D eigenvalue weighted by Gasteiger charge is -2.25. The zero-order valence-corrected chi connectivity index (χ0v) is 14.6. The van der Waals surface area contributed by atoms with E-state index in [9.17, 15) is 4.79 Å². The van der Waals surface area contributed by atoms with Gasteiger partial charge in [0.15, 0.2) is 0 Å². The number of nitrogens with zero attached hydrogens (tertiary/aromatic N) is 1. The van der Waals surface area contributed by atoms with Crippen LogP contribution < -0.4 is 0 Å². The van der Waals surface area contributed by atoms with Gasteiger partial charge in [-0.2, -0.15) is 0 Å². The molecule has 2 aromatic rings. The SMILES string of the molecule is Cc1ccc2[nH]c(C)c(CC(=O)N(C[C@@H]3CCOC3)C3CC3)c2c1. The fraction of sp³-hybridized carbons (Fsp3) is 0.550. The number of ether oxygens (including phenoxy) is 1. The number of aryl methyl sites for hydroxylation is 2. The number of H-pyrrole nitrogens is 1. The first kappa shape index (κ1) is 15.7. The Balaban J connectivity index is 1.55. The first-order valence-electron chi connectivity index (χ1n) is 9.07. The predicted molar refractivity (Wildman–Crippen MR) is 95.1 cm³/mol. The molecule has 24 heavy (non-hydrogen) atoms. The smallest absolute Gasteiger partial charge is 0.227 e. The number of hydrogen-bond donors (Lipinski definition) is 1. The Hall–Kier alpha value is -1.81. The summed E-state index contributed by atoms with van der Waals surface area (Å²) in [5.41, 5.74) is 4.64. The van der Waals surface area contributed by atoms with Crippen LogP contribution in [0.5, 0.6) is 0 Å². The molecule has 1 atom stereocenters. The molecule has 1 aromatic carbocycles. The monoisotopic (exact) mass is 326 g/mol. The number of fused-ring (bicyclic) bond motifs is 1. The molecule has 4 rings (SSSR count). The molecule has 4 heteroatoms. The first-order valence-corrected chi connectivity index (χ1v) is 9.07. The number of hydrogen-bond acceptors (Lipinski definition) is 2. The zero-order chi connectivity index (χ0) is 16.7. The average molecular weight is 326 g/mol. The van der Waals surface area contributed by atoms with Crippen LogP contribution >= 0.6 is 0 Å². The van der Waals surface area contributed by atoms with E-state index in [1.165, 1.54) is 10.9 Å². The van der Waals surface area contributed by atoms with E-state index in [4.69, 9.17) is 4.74 Å². The number of rotatable bonds is 5. The summed E-state index contributed by atoms with van der Waals surface area (Å²) in [5.74, 6) is 0.788. The Labute approximate surface area is 143 Å². The van der Waals surface area contributed by atoms with Crippen molar-refractivity contribution in [2.75, 3.05) is 19.8 Å². The van der Waals surface area contributed by atoms with Gasteiger partial charge in [0.05, 0.1) is 13.0 Å². The van der Waals surface area contributed by atoms with Crippen molar-refractivity contribution in [1.29, 1.82) is 0 Å². The highest BCUT2D eigenvalue weighted by atomic mass is 16.5. The summed E-state index contributed by atoms with van der Waals surface area (Å²) in [6, 6.07) is 6.87. The van der Waals surface area contributed by atoms with Crippen LogP contribution in [0.4, 0.5) is 0 Å². The molecule has 4 nitrogen and oxygen atoms in total. The second-order valence-corrected chi connectivity index (χ2v) is 7.46. The van der Waals surface area contributed by atoms with Gasteiger partial charge in [0.2, 0.25) is 5.91 Å². The molecule has 2 aliphatic rings. The lowest BCUT2D eigenvalue weighted by atomic mass is 10.0. The highest BCUT2D eigenvalue weighted by Crippen LogP contribution is 2.31. The summed E-state index contributed by atoms with van der Waals surface area (Å²) >= 11 is 0. The fourth-order valence-corrected chi connectivity index (χ4v) is 3.82. The van der Waals surface area contributed by atoms with Crippen LogP contribution in [0.15, 0.2) is 18.2 Å². The Morgan fingerprint density at radius 1 is 1.29 bits per heavy atom. The maximum Gasteiger partial charge on any atom is 0.227 e. The largest absolute Gasteiger partial charge is 0.381 e. The van der Waals surface area contributed by atoms with Crippen LogP contribution in [-0.4, -0.2) is 41.6 Å². The van der Waals surface area contributed by atoms with E-state index in [-0.39, 0.29) is 5.91 Å². The van der Waals surface area contributed by atoms with Gasteiger partial charge in [-0.15, -0.1) is 0 Å². The second-order valence-electron chi connectivity index (χ2n) is 7.46. The molecule has 1 aromatic heterocycles. The van der Waals surface area contributed by atoms with E-state index in [1.54, 1.807) is 0 Å². The number of amides is 1. The number of aromatic nitrogens is 1. The van der Waals surface area contributed by atoms with Gasteiger partial charge in [-0.1, -0.05) is 11.6 Å². The third-order valence-electron chi connectivity index (χ3n) is 5.39. The lowest BCUT2D eigenvalue weighted by Crippen LogP contribution is -2.38. The summed E-state index contributed by atoms with van der Waals surface area (Å²) in [6.45, 7) is 6.69. The molecule has 1 aliphatic carbocycles. The molecule has 1 saturated heterocycles. The Morgan fingerprint density at radius 2 is 2.12 bits per heavy atom. The first-order chi connectivity index (χ1) is 11.6. The van der Waals surface area contributed by atoms with Crippen molar-refractivity contribution in [3.05, 3.63) is 35.0 Å². The summed E-state index contributed by atoms with van der Waals surface area (Å²) in [6.07, 6.45) is 3.90. The van der Waals surface area contributed by atoms with Gasteiger partial charge in [-0.05, 0) is 50.8 Å². The van der Waals surface area contributed by atoms with E-state index in [1.807, 2.05) is 0 Å². The van der Waals surface area contributed by atoms with E-state index in [0.29, 0.717) is 18.4 Å². The van der Waals surface area contributed by atoms with Gasteiger partial charge in [0.25, 0.3) is 0 Å². The normalized spacial score (nSPS) is 20.7. The second kappa shape index (κ2) is 6.25. The number of nitrogens with one attached hydrogen (secondary N) is 1. The van der Waals surface area contributed by atoms with E-state index in [0.717, 1.165) is 55.8 Å². The molecule has 2 fully saturated rings. The molecular formula is C20H26N2O2. The average Bonchev–Trinajstić information content (AvgIpc) is 3.18. The number of carbonyl (C=O) groups is 1. The highest BCUT2D eigenvalue weighted by Gasteiger charge is 2.35. The fourth-order valence-electron chi connectivity index (χ4n) is 3.82. The maximum atomic E-state index is 13.0. The highest BCUT2D eigenvalue weighted by molar-refractivity contribution is 5.90. The maximum absolute atomic E-state index is 13.0. The molecule has 1 aliphatic heterocycles. The minimum absolute atomic E-state index is 0.273. The molecule has 0 radical (unpaired) electrons. The van der Waals surface area contributed by atoms with Crippen LogP contribution in [0.1, 0.15) is 36.1 Å². The van der Waals surface area contributed by atoms with Crippen molar-refractivity contribution in [3.63, 3.8) is 0 Å². The number of aromatic amines is 1.